The van der Waals surface area contributed by atoms with Gasteiger partial charge in [0.25, 0.3) is 0 Å². The van der Waals surface area contributed by atoms with Crippen LogP contribution in [0.25, 0.3) is 0 Å². The molecule has 1 saturated heterocycles. The SMILES string of the molecule is CC(=O)O[C@@H]1[C@H](OC(C)=O)[C@H](OC(C)=O)C[C@H]2OC(C)(C)O[C@@H]12. The van der Waals surface area contributed by atoms with E-state index >= 15 is 0 Å². The molecule has 0 amide bonds. The zero-order valence-electron chi connectivity index (χ0n) is 13.9. The van der Waals surface area contributed by atoms with Crippen LogP contribution in [-0.2, 0) is 38.1 Å². The van der Waals surface area contributed by atoms with Crippen molar-refractivity contribution in [1.82, 2.24) is 0 Å². The molecule has 1 aliphatic carbocycles. The highest BCUT2D eigenvalue weighted by molar-refractivity contribution is 5.68. The summed E-state index contributed by atoms with van der Waals surface area (Å²) in [6, 6.07) is 0. The van der Waals surface area contributed by atoms with Gasteiger partial charge >= 0.3 is 17.9 Å². The Hall–Kier alpha value is -1.67. The molecule has 0 aromatic heterocycles. The van der Waals surface area contributed by atoms with Gasteiger partial charge in [-0.3, -0.25) is 14.4 Å². The van der Waals surface area contributed by atoms with Crippen LogP contribution in [0.2, 0.25) is 0 Å². The standard InChI is InChI=1S/C15H22O8/c1-7(16)19-10-6-11-13(23-15(4,5)22-11)14(21-9(3)18)12(10)20-8(2)17/h10-14H,6H2,1-5H3/t10-,11-,12-,13-,14-/m1/s1. The fourth-order valence-electron chi connectivity index (χ4n) is 3.07. The highest BCUT2D eigenvalue weighted by Gasteiger charge is 2.57. The van der Waals surface area contributed by atoms with Crippen LogP contribution < -0.4 is 0 Å². The molecule has 0 spiro atoms. The average molecular weight is 330 g/mol. The third-order valence-corrected chi connectivity index (χ3v) is 3.62. The molecule has 5 atom stereocenters. The maximum Gasteiger partial charge on any atom is 0.303 e. The van der Waals surface area contributed by atoms with E-state index < -0.39 is 54.2 Å². The maximum atomic E-state index is 11.5. The largest absolute Gasteiger partial charge is 0.458 e. The van der Waals surface area contributed by atoms with Crippen molar-refractivity contribution < 1.29 is 38.1 Å². The van der Waals surface area contributed by atoms with Crippen LogP contribution in [0.4, 0.5) is 0 Å². The van der Waals surface area contributed by atoms with Gasteiger partial charge in [-0.05, 0) is 13.8 Å². The van der Waals surface area contributed by atoms with Crippen LogP contribution in [0.1, 0.15) is 41.0 Å². The van der Waals surface area contributed by atoms with Crippen molar-refractivity contribution in [2.75, 3.05) is 0 Å². The monoisotopic (exact) mass is 330 g/mol. The number of esters is 3. The Balaban J connectivity index is 2.32. The summed E-state index contributed by atoms with van der Waals surface area (Å²) in [5, 5.41) is 0. The maximum absolute atomic E-state index is 11.5. The molecule has 0 N–H and O–H groups in total. The van der Waals surface area contributed by atoms with Gasteiger partial charge in [-0.1, -0.05) is 0 Å². The number of carbonyl (C=O) groups is 3. The first-order valence-electron chi connectivity index (χ1n) is 7.46. The first-order chi connectivity index (χ1) is 10.6. The summed E-state index contributed by atoms with van der Waals surface area (Å²) in [7, 11) is 0. The Morgan fingerprint density at radius 3 is 1.91 bits per heavy atom. The lowest BCUT2D eigenvalue weighted by atomic mass is 9.86. The van der Waals surface area contributed by atoms with E-state index in [1.807, 2.05) is 0 Å². The molecular weight excluding hydrogens is 308 g/mol. The van der Waals surface area contributed by atoms with E-state index in [1.54, 1.807) is 13.8 Å². The van der Waals surface area contributed by atoms with E-state index in [1.165, 1.54) is 20.8 Å². The molecule has 2 rings (SSSR count). The molecule has 0 unspecified atom stereocenters. The van der Waals surface area contributed by atoms with Crippen LogP contribution >= 0.6 is 0 Å². The molecule has 8 nitrogen and oxygen atoms in total. The molecule has 1 heterocycles. The number of rotatable bonds is 3. The third-order valence-electron chi connectivity index (χ3n) is 3.62. The molecule has 1 saturated carbocycles. The van der Waals surface area contributed by atoms with E-state index in [2.05, 4.69) is 0 Å². The Labute approximate surface area is 134 Å². The summed E-state index contributed by atoms with van der Waals surface area (Å²) in [5.74, 6) is -2.52. The number of fused-ring (bicyclic) bond motifs is 1. The normalized spacial score (nSPS) is 35.1. The molecule has 0 radical (unpaired) electrons. The molecule has 8 heteroatoms. The summed E-state index contributed by atoms with van der Waals surface area (Å²) < 4.78 is 27.4. The summed E-state index contributed by atoms with van der Waals surface area (Å²) in [6.07, 6.45) is -3.40. The zero-order valence-corrected chi connectivity index (χ0v) is 13.9. The average Bonchev–Trinajstić information content (AvgIpc) is 2.66. The van der Waals surface area contributed by atoms with Crippen molar-refractivity contribution in [2.24, 2.45) is 0 Å². The fraction of sp³-hybridized carbons (Fsp3) is 0.800. The minimum atomic E-state index is -0.945. The van der Waals surface area contributed by atoms with E-state index in [0.717, 1.165) is 0 Å². The number of hydrogen-bond acceptors (Lipinski definition) is 8. The van der Waals surface area contributed by atoms with Crippen molar-refractivity contribution in [3.8, 4) is 0 Å². The number of hydrogen-bond donors (Lipinski definition) is 0. The van der Waals surface area contributed by atoms with Crippen molar-refractivity contribution in [3.63, 3.8) is 0 Å². The second kappa shape index (κ2) is 6.45. The third kappa shape index (κ3) is 4.20. The smallest absolute Gasteiger partial charge is 0.303 e. The van der Waals surface area contributed by atoms with Crippen molar-refractivity contribution in [3.05, 3.63) is 0 Å². The highest BCUT2D eigenvalue weighted by Crippen LogP contribution is 2.40. The van der Waals surface area contributed by atoms with E-state index in [-0.39, 0.29) is 6.42 Å². The minimum Gasteiger partial charge on any atom is -0.458 e. The second-order valence-corrected chi connectivity index (χ2v) is 6.17. The van der Waals surface area contributed by atoms with Gasteiger partial charge in [0.2, 0.25) is 0 Å². The topological polar surface area (TPSA) is 97.4 Å². The van der Waals surface area contributed by atoms with Gasteiger partial charge in [-0.25, -0.2) is 0 Å². The van der Waals surface area contributed by atoms with E-state index in [9.17, 15) is 14.4 Å². The van der Waals surface area contributed by atoms with Gasteiger partial charge in [-0.2, -0.15) is 0 Å². The van der Waals surface area contributed by atoms with Crippen molar-refractivity contribution in [2.45, 2.75) is 77.3 Å². The van der Waals surface area contributed by atoms with Crippen molar-refractivity contribution in [1.29, 1.82) is 0 Å². The summed E-state index contributed by atoms with van der Waals surface area (Å²) >= 11 is 0. The molecule has 130 valence electrons. The Morgan fingerprint density at radius 1 is 0.870 bits per heavy atom. The molecule has 2 fully saturated rings. The molecule has 0 bridgehead atoms. The van der Waals surface area contributed by atoms with Gasteiger partial charge in [0.1, 0.15) is 12.2 Å². The van der Waals surface area contributed by atoms with Gasteiger partial charge in [0, 0.05) is 27.2 Å². The Morgan fingerprint density at radius 2 is 1.39 bits per heavy atom. The van der Waals surface area contributed by atoms with Crippen LogP contribution in [-0.4, -0.2) is 54.2 Å². The van der Waals surface area contributed by atoms with Crippen LogP contribution in [0.3, 0.4) is 0 Å². The molecule has 0 aromatic rings. The van der Waals surface area contributed by atoms with E-state index in [0.29, 0.717) is 0 Å². The molecular formula is C15H22O8. The lowest BCUT2D eigenvalue weighted by molar-refractivity contribution is -0.208. The van der Waals surface area contributed by atoms with Gasteiger partial charge in [0.15, 0.2) is 18.0 Å². The van der Waals surface area contributed by atoms with Gasteiger partial charge in [0.05, 0.1) is 6.10 Å². The predicted octanol–water partition coefficient (Wildman–Crippen LogP) is 0.705. The quantitative estimate of drug-likeness (QED) is 0.551. The number of carbonyl (C=O) groups excluding carboxylic acids is 3. The molecule has 23 heavy (non-hydrogen) atoms. The van der Waals surface area contributed by atoms with Crippen LogP contribution in [0.5, 0.6) is 0 Å². The van der Waals surface area contributed by atoms with E-state index in [4.69, 9.17) is 23.7 Å². The summed E-state index contributed by atoms with van der Waals surface area (Å²) in [4.78, 5) is 34.2. The second-order valence-electron chi connectivity index (χ2n) is 6.17. The summed E-state index contributed by atoms with van der Waals surface area (Å²) in [6.45, 7) is 7.21. The molecule has 1 aliphatic heterocycles. The minimum absolute atomic E-state index is 0.281. The molecule has 2 aliphatic rings. The van der Waals surface area contributed by atoms with Gasteiger partial charge in [-0.15, -0.1) is 0 Å². The first-order valence-corrected chi connectivity index (χ1v) is 7.46. The van der Waals surface area contributed by atoms with Crippen LogP contribution in [0.15, 0.2) is 0 Å². The fourth-order valence-corrected chi connectivity index (χ4v) is 3.07. The van der Waals surface area contributed by atoms with Crippen LogP contribution in [0, 0.1) is 0 Å². The number of ether oxygens (including phenoxy) is 5. The molecule has 0 aromatic carbocycles. The zero-order chi connectivity index (χ0) is 17.4. The summed E-state index contributed by atoms with van der Waals surface area (Å²) in [5.41, 5.74) is 0. The Bertz CT molecular complexity index is 500. The predicted molar refractivity (Wildman–Crippen MR) is 75.1 cm³/mol. The highest BCUT2D eigenvalue weighted by atomic mass is 16.8. The Kier molecular flexibility index (Phi) is 4.95. The van der Waals surface area contributed by atoms with Gasteiger partial charge < -0.3 is 23.7 Å². The lowest BCUT2D eigenvalue weighted by Crippen LogP contribution is -2.58. The first kappa shape index (κ1) is 17.7. The van der Waals surface area contributed by atoms with Crippen molar-refractivity contribution >= 4 is 17.9 Å². The lowest BCUT2D eigenvalue weighted by Gasteiger charge is -2.40.